The Hall–Kier alpha value is -3.33. The van der Waals surface area contributed by atoms with Gasteiger partial charge in [0.25, 0.3) is 0 Å². The molecule has 8 nitrogen and oxygen atoms in total. The Labute approximate surface area is 178 Å². The molecule has 2 heterocycles. The van der Waals surface area contributed by atoms with Crippen LogP contribution < -0.4 is 19.5 Å². The van der Waals surface area contributed by atoms with Crippen LogP contribution in [0.5, 0.6) is 17.2 Å². The molecule has 0 bridgehead atoms. The zero-order valence-electron chi connectivity index (χ0n) is 17.0. The number of nitrogens with zero attached hydrogens (tertiary/aromatic N) is 2. The summed E-state index contributed by atoms with van der Waals surface area (Å²) in [6.45, 7) is 2.82. The minimum atomic E-state index is -1.02. The molecule has 0 saturated carbocycles. The van der Waals surface area contributed by atoms with Gasteiger partial charge in [0.15, 0.2) is 4.88 Å². The van der Waals surface area contributed by atoms with E-state index in [9.17, 15) is 9.90 Å². The first-order chi connectivity index (χ1) is 14.5. The first-order valence-electron chi connectivity index (χ1n) is 9.32. The van der Waals surface area contributed by atoms with Crippen LogP contribution in [0.3, 0.4) is 0 Å². The topological polar surface area (TPSA) is 103 Å². The summed E-state index contributed by atoms with van der Waals surface area (Å²) >= 11 is 1.13. The number of benzene rings is 1. The number of aromatic nitrogens is 2. The molecule has 1 aromatic carbocycles. The smallest absolute Gasteiger partial charge is 0.349 e. The van der Waals surface area contributed by atoms with Crippen molar-refractivity contribution in [2.45, 2.75) is 13.3 Å². The zero-order chi connectivity index (χ0) is 21.5. The second-order valence-electron chi connectivity index (χ2n) is 6.19. The third kappa shape index (κ3) is 4.98. The number of aromatic carboxylic acids is 1. The van der Waals surface area contributed by atoms with Gasteiger partial charge in [-0.3, -0.25) is 0 Å². The Balaban J connectivity index is 1.72. The van der Waals surface area contributed by atoms with E-state index in [1.807, 2.05) is 25.1 Å². The number of carboxylic acid groups (broad SMARTS) is 1. The Kier molecular flexibility index (Phi) is 7.08. The number of anilines is 1. The lowest BCUT2D eigenvalue weighted by Gasteiger charge is -2.11. The second-order valence-corrected chi connectivity index (χ2v) is 7.24. The third-order valence-corrected chi connectivity index (χ3v) is 5.43. The predicted octanol–water partition coefficient (Wildman–Crippen LogP) is 3.97. The Morgan fingerprint density at radius 2 is 1.97 bits per heavy atom. The van der Waals surface area contributed by atoms with E-state index in [2.05, 4.69) is 15.3 Å². The molecule has 2 aromatic heterocycles. The van der Waals surface area contributed by atoms with Crippen LogP contribution in [-0.4, -0.2) is 48.4 Å². The van der Waals surface area contributed by atoms with E-state index in [0.29, 0.717) is 41.7 Å². The molecule has 0 radical (unpaired) electrons. The average molecular weight is 429 g/mol. The van der Waals surface area contributed by atoms with Crippen molar-refractivity contribution in [2.75, 3.05) is 32.7 Å². The van der Waals surface area contributed by atoms with E-state index in [-0.39, 0.29) is 4.88 Å². The standard InChI is InChI=1S/C21H23N3O5S/c1-4-29-17-11-18(30-20(17)21(25)26)15-10-19(24-12-23-15)22-8-7-13-9-14(27-2)5-6-16(13)28-3/h5-6,9-12H,4,7-8H2,1-3H3,(H,25,26)(H,22,23,24). The number of hydrogen-bond donors (Lipinski definition) is 2. The minimum Gasteiger partial charge on any atom is -0.497 e. The molecule has 3 rings (SSSR count). The molecule has 0 aliphatic heterocycles. The molecule has 30 heavy (non-hydrogen) atoms. The molecule has 0 spiro atoms. The number of thiophene rings is 1. The number of carbonyl (C=O) groups is 1. The van der Waals surface area contributed by atoms with Crippen molar-refractivity contribution in [3.8, 4) is 27.8 Å². The van der Waals surface area contributed by atoms with Crippen molar-refractivity contribution in [3.05, 3.63) is 47.1 Å². The summed E-state index contributed by atoms with van der Waals surface area (Å²) in [5, 5.41) is 12.6. The van der Waals surface area contributed by atoms with Gasteiger partial charge < -0.3 is 24.6 Å². The van der Waals surface area contributed by atoms with Gasteiger partial charge in [-0.15, -0.1) is 11.3 Å². The monoisotopic (exact) mass is 429 g/mol. The molecule has 9 heteroatoms. The maximum atomic E-state index is 11.4. The van der Waals surface area contributed by atoms with Crippen LogP contribution in [0.2, 0.25) is 0 Å². The highest BCUT2D eigenvalue weighted by atomic mass is 32.1. The maximum absolute atomic E-state index is 11.4. The van der Waals surface area contributed by atoms with E-state index in [1.165, 1.54) is 6.33 Å². The number of ether oxygens (including phenoxy) is 3. The van der Waals surface area contributed by atoms with Crippen molar-refractivity contribution >= 4 is 23.1 Å². The van der Waals surface area contributed by atoms with Crippen LogP contribution in [0.1, 0.15) is 22.2 Å². The van der Waals surface area contributed by atoms with E-state index < -0.39 is 5.97 Å². The highest BCUT2D eigenvalue weighted by molar-refractivity contribution is 7.17. The normalized spacial score (nSPS) is 10.5. The van der Waals surface area contributed by atoms with Crippen LogP contribution in [0.4, 0.5) is 5.82 Å². The third-order valence-electron chi connectivity index (χ3n) is 4.30. The average Bonchev–Trinajstić information content (AvgIpc) is 3.18. The zero-order valence-corrected chi connectivity index (χ0v) is 17.8. The predicted molar refractivity (Wildman–Crippen MR) is 115 cm³/mol. The van der Waals surface area contributed by atoms with Crippen molar-refractivity contribution in [3.63, 3.8) is 0 Å². The number of carboxylic acids is 1. The van der Waals surface area contributed by atoms with Gasteiger partial charge in [0.05, 0.1) is 31.4 Å². The van der Waals surface area contributed by atoms with Gasteiger partial charge in [-0.05, 0) is 37.1 Å². The lowest BCUT2D eigenvalue weighted by molar-refractivity contribution is 0.0698. The summed E-state index contributed by atoms with van der Waals surface area (Å²) in [6.07, 6.45) is 2.15. The SMILES string of the molecule is CCOc1cc(-c2cc(NCCc3cc(OC)ccc3OC)ncn2)sc1C(=O)O. The molecule has 0 fully saturated rings. The van der Waals surface area contributed by atoms with Crippen LogP contribution >= 0.6 is 11.3 Å². The first kappa shape index (κ1) is 21.4. The summed E-state index contributed by atoms with van der Waals surface area (Å²) in [7, 11) is 3.27. The number of hydrogen-bond acceptors (Lipinski definition) is 8. The van der Waals surface area contributed by atoms with E-state index in [4.69, 9.17) is 14.2 Å². The lowest BCUT2D eigenvalue weighted by Crippen LogP contribution is -2.07. The van der Waals surface area contributed by atoms with Gasteiger partial charge in [-0.25, -0.2) is 14.8 Å². The summed E-state index contributed by atoms with van der Waals surface area (Å²) in [4.78, 5) is 20.8. The van der Waals surface area contributed by atoms with E-state index in [0.717, 1.165) is 28.4 Å². The van der Waals surface area contributed by atoms with Crippen molar-refractivity contribution in [2.24, 2.45) is 0 Å². The minimum absolute atomic E-state index is 0.157. The van der Waals surface area contributed by atoms with E-state index >= 15 is 0 Å². The Morgan fingerprint density at radius 3 is 2.67 bits per heavy atom. The first-order valence-corrected chi connectivity index (χ1v) is 10.1. The van der Waals surface area contributed by atoms with Gasteiger partial charge in [0, 0.05) is 18.7 Å². The Morgan fingerprint density at radius 1 is 1.13 bits per heavy atom. The molecule has 0 saturated heterocycles. The fourth-order valence-electron chi connectivity index (χ4n) is 2.90. The second kappa shape index (κ2) is 9.93. The molecule has 3 aromatic rings. The number of rotatable bonds is 10. The summed E-state index contributed by atoms with van der Waals surface area (Å²) in [5.41, 5.74) is 1.65. The summed E-state index contributed by atoms with van der Waals surface area (Å²) < 4.78 is 16.1. The van der Waals surface area contributed by atoms with Crippen LogP contribution in [0.25, 0.3) is 10.6 Å². The van der Waals surface area contributed by atoms with Gasteiger partial charge in [0.2, 0.25) is 0 Å². The molecule has 2 N–H and O–H groups in total. The van der Waals surface area contributed by atoms with Gasteiger partial charge >= 0.3 is 5.97 Å². The van der Waals surface area contributed by atoms with Crippen molar-refractivity contribution in [1.82, 2.24) is 9.97 Å². The maximum Gasteiger partial charge on any atom is 0.349 e. The number of nitrogens with one attached hydrogen (secondary N) is 1. The van der Waals surface area contributed by atoms with E-state index in [1.54, 1.807) is 26.4 Å². The molecule has 158 valence electrons. The largest absolute Gasteiger partial charge is 0.497 e. The lowest BCUT2D eigenvalue weighted by atomic mass is 10.1. The molecule has 0 unspecified atom stereocenters. The van der Waals surface area contributed by atoms with Crippen molar-refractivity contribution in [1.29, 1.82) is 0 Å². The molecule has 0 aliphatic rings. The quantitative estimate of drug-likeness (QED) is 0.499. The van der Waals surface area contributed by atoms with Crippen LogP contribution in [0.15, 0.2) is 36.7 Å². The highest BCUT2D eigenvalue weighted by Gasteiger charge is 2.18. The molecule has 0 amide bonds. The number of methoxy groups -OCH3 is 2. The summed E-state index contributed by atoms with van der Waals surface area (Å²) in [6, 6.07) is 9.17. The van der Waals surface area contributed by atoms with Crippen LogP contribution in [-0.2, 0) is 6.42 Å². The molecule has 0 aliphatic carbocycles. The fraction of sp³-hybridized carbons (Fsp3) is 0.286. The molecular weight excluding hydrogens is 406 g/mol. The fourth-order valence-corrected chi connectivity index (χ4v) is 3.81. The molecular formula is C21H23N3O5S. The van der Waals surface area contributed by atoms with Crippen molar-refractivity contribution < 1.29 is 24.1 Å². The van der Waals surface area contributed by atoms with Gasteiger partial charge in [0.1, 0.15) is 29.4 Å². The highest BCUT2D eigenvalue weighted by Crippen LogP contribution is 2.36. The summed E-state index contributed by atoms with van der Waals surface area (Å²) in [5.74, 6) is 1.54. The van der Waals surface area contributed by atoms with Crippen LogP contribution in [0, 0.1) is 0 Å². The Bertz CT molecular complexity index is 1020. The van der Waals surface area contributed by atoms with Gasteiger partial charge in [-0.1, -0.05) is 0 Å². The van der Waals surface area contributed by atoms with Gasteiger partial charge in [-0.2, -0.15) is 0 Å². The molecule has 0 atom stereocenters.